The lowest BCUT2D eigenvalue weighted by Crippen LogP contribution is -2.31. The molecule has 4 rings (SSSR count). The highest BCUT2D eigenvalue weighted by molar-refractivity contribution is 5.90. The van der Waals surface area contributed by atoms with Gasteiger partial charge in [-0.15, -0.1) is 5.10 Å². The molecule has 11 heteroatoms. The molecule has 3 heterocycles. The van der Waals surface area contributed by atoms with Crippen LogP contribution in [0.3, 0.4) is 0 Å². The molecule has 2 aliphatic heterocycles. The maximum Gasteiger partial charge on any atom is 0.414 e. The Labute approximate surface area is 190 Å². The predicted molar refractivity (Wildman–Crippen MR) is 116 cm³/mol. The van der Waals surface area contributed by atoms with E-state index in [4.69, 9.17) is 16.0 Å². The van der Waals surface area contributed by atoms with Crippen LogP contribution in [-0.2, 0) is 16.0 Å². The SMILES string of the molecule is [C-]#[N+]C=C1CCN(c2ccc(N3C[C@H](Cn4nncc4C(=O)OCC)OC3=O)cc2F)CC1. The zero-order valence-corrected chi connectivity index (χ0v) is 18.1. The smallest absolute Gasteiger partial charge is 0.414 e. The average molecular weight is 454 g/mol. The van der Waals surface area contributed by atoms with E-state index in [1.54, 1.807) is 25.3 Å². The molecule has 0 bridgehead atoms. The quantitative estimate of drug-likeness (QED) is 0.489. The second kappa shape index (κ2) is 9.68. The molecule has 0 saturated carbocycles. The van der Waals surface area contributed by atoms with Crippen LogP contribution in [0, 0.1) is 12.4 Å². The summed E-state index contributed by atoms with van der Waals surface area (Å²) in [4.78, 5) is 31.0. The summed E-state index contributed by atoms with van der Waals surface area (Å²) < 4.78 is 26.6. The Kier molecular flexibility index (Phi) is 6.53. The number of hydrogen-bond acceptors (Lipinski definition) is 7. The van der Waals surface area contributed by atoms with Crippen LogP contribution in [0.15, 0.2) is 36.2 Å². The molecule has 0 N–H and O–H groups in total. The number of ether oxygens (including phenoxy) is 2. The minimum absolute atomic E-state index is 0.116. The van der Waals surface area contributed by atoms with Gasteiger partial charge in [-0.1, -0.05) is 10.8 Å². The van der Waals surface area contributed by atoms with Crippen molar-refractivity contribution in [3.63, 3.8) is 0 Å². The number of rotatable bonds is 6. The van der Waals surface area contributed by atoms with Gasteiger partial charge in [-0.05, 0) is 38.0 Å². The van der Waals surface area contributed by atoms with Gasteiger partial charge >= 0.3 is 12.1 Å². The Morgan fingerprint density at radius 1 is 1.39 bits per heavy atom. The molecule has 0 aliphatic carbocycles. The molecule has 2 aromatic rings. The molecule has 1 aromatic heterocycles. The summed E-state index contributed by atoms with van der Waals surface area (Å²) in [5, 5.41) is 7.60. The molecule has 1 atom stereocenters. The Morgan fingerprint density at radius 2 is 2.18 bits per heavy atom. The van der Waals surface area contributed by atoms with Crippen molar-refractivity contribution in [2.45, 2.75) is 32.4 Å². The number of cyclic esters (lactones) is 1. The van der Waals surface area contributed by atoms with E-state index in [1.165, 1.54) is 21.8 Å². The zero-order valence-electron chi connectivity index (χ0n) is 18.1. The number of anilines is 2. The van der Waals surface area contributed by atoms with Crippen molar-refractivity contribution < 1.29 is 23.5 Å². The molecule has 1 aromatic carbocycles. The lowest BCUT2D eigenvalue weighted by molar-refractivity contribution is 0.0507. The summed E-state index contributed by atoms with van der Waals surface area (Å²) in [5.41, 5.74) is 2.09. The van der Waals surface area contributed by atoms with Crippen molar-refractivity contribution in [3.8, 4) is 0 Å². The van der Waals surface area contributed by atoms with Crippen LogP contribution >= 0.6 is 0 Å². The summed E-state index contributed by atoms with van der Waals surface area (Å²) >= 11 is 0. The molecule has 172 valence electrons. The minimum Gasteiger partial charge on any atom is -0.461 e. The minimum atomic E-state index is -0.600. The highest BCUT2D eigenvalue weighted by Crippen LogP contribution is 2.30. The number of amides is 1. The van der Waals surface area contributed by atoms with Gasteiger partial charge in [-0.3, -0.25) is 4.90 Å². The monoisotopic (exact) mass is 454 g/mol. The van der Waals surface area contributed by atoms with E-state index in [0.717, 1.165) is 18.4 Å². The maximum absolute atomic E-state index is 14.9. The van der Waals surface area contributed by atoms with Gasteiger partial charge in [0.05, 0.1) is 43.8 Å². The average Bonchev–Trinajstić information content (AvgIpc) is 3.41. The first kappa shape index (κ1) is 22.3. The summed E-state index contributed by atoms with van der Waals surface area (Å²) in [6.07, 6.45) is 3.09. The van der Waals surface area contributed by atoms with Gasteiger partial charge < -0.3 is 14.4 Å². The molecule has 1 amide bonds. The Balaban J connectivity index is 1.42. The van der Waals surface area contributed by atoms with Crippen LogP contribution in [0.25, 0.3) is 4.85 Å². The summed E-state index contributed by atoms with van der Waals surface area (Å²) in [6.45, 7) is 10.4. The lowest BCUT2D eigenvalue weighted by Gasteiger charge is -2.31. The fraction of sp³-hybridized carbons (Fsp3) is 0.409. The first-order chi connectivity index (χ1) is 16.0. The first-order valence-corrected chi connectivity index (χ1v) is 10.6. The summed E-state index contributed by atoms with van der Waals surface area (Å²) in [5.74, 6) is -0.988. The Bertz CT molecular complexity index is 1110. The highest BCUT2D eigenvalue weighted by Gasteiger charge is 2.34. The molecule has 0 spiro atoms. The summed E-state index contributed by atoms with van der Waals surface area (Å²) in [6, 6.07) is 4.67. The maximum atomic E-state index is 14.9. The molecular weight excluding hydrogens is 431 g/mol. The molecule has 10 nitrogen and oxygen atoms in total. The van der Waals surface area contributed by atoms with E-state index in [0.29, 0.717) is 24.5 Å². The normalized spacial score (nSPS) is 18.2. The fourth-order valence-corrected chi connectivity index (χ4v) is 3.95. The van der Waals surface area contributed by atoms with Crippen molar-refractivity contribution >= 4 is 23.4 Å². The fourth-order valence-electron chi connectivity index (χ4n) is 3.95. The van der Waals surface area contributed by atoms with Crippen molar-refractivity contribution in [2.24, 2.45) is 0 Å². The lowest BCUT2D eigenvalue weighted by atomic mass is 10.0. The van der Waals surface area contributed by atoms with Gasteiger partial charge in [0.15, 0.2) is 11.9 Å². The number of piperidine rings is 1. The van der Waals surface area contributed by atoms with Crippen molar-refractivity contribution in [1.82, 2.24) is 15.0 Å². The molecule has 2 saturated heterocycles. The van der Waals surface area contributed by atoms with Crippen molar-refractivity contribution in [2.75, 3.05) is 36.0 Å². The predicted octanol–water partition coefficient (Wildman–Crippen LogP) is 3.02. The zero-order chi connectivity index (χ0) is 23.4. The highest BCUT2D eigenvalue weighted by atomic mass is 19.1. The first-order valence-electron chi connectivity index (χ1n) is 10.6. The van der Waals surface area contributed by atoms with Gasteiger partial charge in [0, 0.05) is 13.1 Å². The van der Waals surface area contributed by atoms with Gasteiger partial charge in [-0.2, -0.15) is 0 Å². The van der Waals surface area contributed by atoms with Gasteiger partial charge in [0.2, 0.25) is 0 Å². The second-order valence-electron chi connectivity index (χ2n) is 7.68. The van der Waals surface area contributed by atoms with Crippen molar-refractivity contribution in [3.05, 3.63) is 59.1 Å². The van der Waals surface area contributed by atoms with Crippen LogP contribution in [0.4, 0.5) is 20.6 Å². The Morgan fingerprint density at radius 3 is 2.88 bits per heavy atom. The Hall–Kier alpha value is -3.94. The van der Waals surface area contributed by atoms with Crippen LogP contribution < -0.4 is 9.80 Å². The third-order valence-electron chi connectivity index (χ3n) is 5.59. The molecule has 2 aliphatic rings. The van der Waals surface area contributed by atoms with Crippen LogP contribution in [0.2, 0.25) is 0 Å². The topological polar surface area (TPSA) is 94.2 Å². The third-order valence-corrected chi connectivity index (χ3v) is 5.59. The standard InChI is InChI=1S/C22H23FN6O4/c1-3-32-21(30)20-12-25-26-29(20)14-17-13-28(22(31)33-17)16-4-5-19(18(23)10-16)27-8-6-15(7-9-27)11-24-2/h4-5,10-12,17H,3,6-9,13-14H2,1H3/t17-/m1/s1. The van der Waals surface area contributed by atoms with Gasteiger partial charge in [0.25, 0.3) is 0 Å². The summed E-state index contributed by atoms with van der Waals surface area (Å²) in [7, 11) is 0. The number of carbonyl (C=O) groups is 2. The van der Waals surface area contributed by atoms with E-state index in [-0.39, 0.29) is 25.4 Å². The number of hydrogen-bond donors (Lipinski definition) is 0. The van der Waals surface area contributed by atoms with E-state index >= 15 is 0 Å². The van der Waals surface area contributed by atoms with Crippen LogP contribution in [-0.4, -0.2) is 59.4 Å². The van der Waals surface area contributed by atoms with Gasteiger partial charge in [-0.25, -0.2) is 23.5 Å². The number of benzene rings is 1. The number of carbonyl (C=O) groups excluding carboxylic acids is 2. The number of halogens is 1. The molecular formula is C22H23FN6O4. The molecule has 0 unspecified atom stereocenters. The van der Waals surface area contributed by atoms with E-state index in [2.05, 4.69) is 15.2 Å². The number of esters is 1. The van der Waals surface area contributed by atoms with Gasteiger partial charge in [0.1, 0.15) is 11.9 Å². The second-order valence-corrected chi connectivity index (χ2v) is 7.68. The van der Waals surface area contributed by atoms with Crippen LogP contribution in [0.5, 0.6) is 0 Å². The van der Waals surface area contributed by atoms with Crippen molar-refractivity contribution in [1.29, 1.82) is 0 Å². The van der Waals surface area contributed by atoms with E-state index in [9.17, 15) is 14.0 Å². The molecule has 0 radical (unpaired) electrons. The van der Waals surface area contributed by atoms with Crippen LogP contribution in [0.1, 0.15) is 30.3 Å². The van der Waals surface area contributed by atoms with E-state index < -0.39 is 24.0 Å². The molecule has 2 fully saturated rings. The third kappa shape index (κ3) is 4.79. The molecule has 33 heavy (non-hydrogen) atoms. The number of nitrogens with zero attached hydrogens (tertiary/aromatic N) is 6. The number of aromatic nitrogens is 3. The largest absolute Gasteiger partial charge is 0.461 e. The van der Waals surface area contributed by atoms with E-state index in [1.807, 2.05) is 4.90 Å².